The highest BCUT2D eigenvalue weighted by Gasteiger charge is 2.06. The maximum Gasteiger partial charge on any atom is 0.305 e. The van der Waals surface area contributed by atoms with Crippen molar-refractivity contribution in [2.24, 2.45) is 0 Å². The average molecular weight is 261 g/mol. The fourth-order valence-corrected chi connectivity index (χ4v) is 1.32. The van der Waals surface area contributed by atoms with E-state index in [1.807, 2.05) is 6.07 Å². The normalized spacial score (nSPS) is 9.95. The fourth-order valence-electron chi connectivity index (χ4n) is 1.32. The third-order valence-corrected chi connectivity index (χ3v) is 2.31. The molecule has 8 heteroatoms. The minimum absolute atomic E-state index is 0.142. The van der Waals surface area contributed by atoms with Crippen molar-refractivity contribution in [3.8, 4) is 5.88 Å². The molecule has 0 atom stereocenters. The van der Waals surface area contributed by atoms with Crippen molar-refractivity contribution < 1.29 is 9.66 Å². The van der Waals surface area contributed by atoms with Gasteiger partial charge in [-0.15, -0.1) is 0 Å². The first-order valence-electron chi connectivity index (χ1n) is 5.38. The van der Waals surface area contributed by atoms with Crippen LogP contribution in [0.3, 0.4) is 0 Å². The predicted octanol–water partition coefficient (Wildman–Crippen LogP) is 1.40. The van der Waals surface area contributed by atoms with E-state index in [0.717, 1.165) is 18.0 Å². The van der Waals surface area contributed by atoms with E-state index >= 15 is 0 Å². The van der Waals surface area contributed by atoms with E-state index in [4.69, 9.17) is 4.74 Å². The molecule has 0 saturated carbocycles. The van der Waals surface area contributed by atoms with Gasteiger partial charge in [-0.2, -0.15) is 0 Å². The zero-order valence-corrected chi connectivity index (χ0v) is 10.1. The molecule has 1 N–H and O–H groups in total. The second-order valence-electron chi connectivity index (χ2n) is 3.58. The first kappa shape index (κ1) is 12.7. The Morgan fingerprint density at radius 1 is 1.26 bits per heavy atom. The van der Waals surface area contributed by atoms with Crippen LogP contribution in [0.2, 0.25) is 0 Å². The largest absolute Gasteiger partial charge is 0.481 e. The third kappa shape index (κ3) is 3.35. The molecule has 2 rings (SSSR count). The van der Waals surface area contributed by atoms with E-state index < -0.39 is 4.92 Å². The number of pyridine rings is 1. The van der Waals surface area contributed by atoms with Crippen molar-refractivity contribution in [3.63, 3.8) is 0 Å². The Morgan fingerprint density at radius 3 is 2.53 bits per heavy atom. The van der Waals surface area contributed by atoms with Gasteiger partial charge in [-0.1, -0.05) is 6.07 Å². The van der Waals surface area contributed by atoms with Crippen molar-refractivity contribution in [3.05, 3.63) is 46.4 Å². The summed E-state index contributed by atoms with van der Waals surface area (Å²) in [6.45, 7) is 0.467. The smallest absolute Gasteiger partial charge is 0.305 e. The van der Waals surface area contributed by atoms with Crippen LogP contribution in [0.1, 0.15) is 5.56 Å². The van der Waals surface area contributed by atoms with Crippen molar-refractivity contribution in [2.45, 2.75) is 6.54 Å². The summed E-state index contributed by atoms with van der Waals surface area (Å²) in [5.74, 6) is 0.858. The molecule has 0 bridgehead atoms. The number of anilines is 1. The summed E-state index contributed by atoms with van der Waals surface area (Å²) in [5, 5.41) is 13.4. The monoisotopic (exact) mass is 261 g/mol. The number of nitrogens with one attached hydrogen (secondary N) is 1. The molecule has 8 nitrogen and oxygen atoms in total. The van der Waals surface area contributed by atoms with Crippen molar-refractivity contribution in [1.82, 2.24) is 15.0 Å². The van der Waals surface area contributed by atoms with Crippen LogP contribution in [-0.2, 0) is 6.54 Å². The van der Waals surface area contributed by atoms with Crippen LogP contribution in [0.15, 0.2) is 30.7 Å². The van der Waals surface area contributed by atoms with E-state index in [9.17, 15) is 10.1 Å². The third-order valence-electron chi connectivity index (χ3n) is 2.31. The lowest BCUT2D eigenvalue weighted by atomic mass is 10.3. The lowest BCUT2D eigenvalue weighted by molar-refractivity contribution is -0.385. The number of ether oxygens (including phenoxy) is 1. The second kappa shape index (κ2) is 5.71. The Hall–Kier alpha value is -2.77. The minimum atomic E-state index is -0.544. The Bertz CT molecular complexity index is 556. The highest BCUT2D eigenvalue weighted by atomic mass is 16.6. The van der Waals surface area contributed by atoms with Gasteiger partial charge in [0.05, 0.1) is 12.0 Å². The van der Waals surface area contributed by atoms with Gasteiger partial charge < -0.3 is 10.1 Å². The van der Waals surface area contributed by atoms with Crippen LogP contribution in [0.25, 0.3) is 0 Å². The van der Waals surface area contributed by atoms with Gasteiger partial charge >= 0.3 is 5.69 Å². The summed E-state index contributed by atoms with van der Waals surface area (Å²) in [6, 6.07) is 3.60. The average Bonchev–Trinajstić information content (AvgIpc) is 2.46. The van der Waals surface area contributed by atoms with Gasteiger partial charge in [0.25, 0.3) is 0 Å². The van der Waals surface area contributed by atoms with Crippen molar-refractivity contribution >= 4 is 11.6 Å². The van der Waals surface area contributed by atoms with Crippen LogP contribution >= 0.6 is 0 Å². The molecule has 0 amide bonds. The van der Waals surface area contributed by atoms with Crippen LogP contribution in [-0.4, -0.2) is 27.0 Å². The van der Waals surface area contributed by atoms with E-state index in [1.54, 1.807) is 19.4 Å². The molecule has 98 valence electrons. The second-order valence-corrected chi connectivity index (χ2v) is 3.58. The zero-order valence-electron chi connectivity index (χ0n) is 10.1. The Morgan fingerprint density at radius 2 is 2.00 bits per heavy atom. The van der Waals surface area contributed by atoms with Gasteiger partial charge in [0.15, 0.2) is 0 Å². The number of aromatic nitrogens is 3. The number of rotatable bonds is 5. The summed E-state index contributed by atoms with van der Waals surface area (Å²) in [7, 11) is 1.55. The molecule has 0 aliphatic carbocycles. The SMILES string of the molecule is COc1ccc(CNc2ncc([N+](=O)[O-])cn2)cn1. The summed E-state index contributed by atoms with van der Waals surface area (Å²) < 4.78 is 4.95. The Balaban J connectivity index is 1.95. The zero-order chi connectivity index (χ0) is 13.7. The molecule has 0 radical (unpaired) electrons. The summed E-state index contributed by atoms with van der Waals surface area (Å²) in [6.07, 6.45) is 3.97. The molecular formula is C11H11N5O3. The van der Waals surface area contributed by atoms with Crippen LogP contribution < -0.4 is 10.1 Å². The van der Waals surface area contributed by atoms with Crippen LogP contribution in [0, 0.1) is 10.1 Å². The molecule has 0 fully saturated rings. The summed E-state index contributed by atoms with van der Waals surface area (Å²) >= 11 is 0. The van der Waals surface area contributed by atoms with Crippen LogP contribution in [0.4, 0.5) is 11.6 Å². The minimum Gasteiger partial charge on any atom is -0.481 e. The van der Waals surface area contributed by atoms with E-state index in [-0.39, 0.29) is 5.69 Å². The Labute approximate surface area is 108 Å². The molecule has 2 aromatic heterocycles. The Kier molecular flexibility index (Phi) is 3.81. The molecule has 0 aliphatic heterocycles. The molecular weight excluding hydrogens is 250 g/mol. The highest BCUT2D eigenvalue weighted by molar-refractivity contribution is 5.32. The van der Waals surface area contributed by atoms with Gasteiger partial charge in [0.2, 0.25) is 11.8 Å². The van der Waals surface area contributed by atoms with Gasteiger partial charge in [0, 0.05) is 18.8 Å². The van der Waals surface area contributed by atoms with E-state index in [0.29, 0.717) is 18.4 Å². The number of methoxy groups -OCH3 is 1. The van der Waals surface area contributed by atoms with Gasteiger partial charge in [-0.05, 0) is 5.56 Å². The van der Waals surface area contributed by atoms with E-state index in [2.05, 4.69) is 20.3 Å². The number of hydrogen-bond acceptors (Lipinski definition) is 7. The molecule has 0 aliphatic rings. The molecule has 2 aromatic rings. The lowest BCUT2D eigenvalue weighted by Gasteiger charge is -2.04. The maximum absolute atomic E-state index is 10.4. The molecule has 19 heavy (non-hydrogen) atoms. The standard InChI is InChI=1S/C11H11N5O3/c1-19-10-3-2-8(4-12-10)5-13-11-14-6-9(7-15-11)16(17)18/h2-4,6-7H,5H2,1H3,(H,13,14,15). The first-order valence-corrected chi connectivity index (χ1v) is 5.38. The fraction of sp³-hybridized carbons (Fsp3) is 0.182. The van der Waals surface area contributed by atoms with Gasteiger partial charge in [0.1, 0.15) is 12.4 Å². The summed E-state index contributed by atoms with van der Waals surface area (Å²) in [5.41, 5.74) is 0.777. The summed E-state index contributed by atoms with van der Waals surface area (Å²) in [4.78, 5) is 21.6. The predicted molar refractivity (Wildman–Crippen MR) is 66.8 cm³/mol. The highest BCUT2D eigenvalue weighted by Crippen LogP contribution is 2.10. The van der Waals surface area contributed by atoms with E-state index in [1.165, 1.54) is 0 Å². The molecule has 0 unspecified atom stereocenters. The molecule has 2 heterocycles. The van der Waals surface area contributed by atoms with Gasteiger partial charge in [-0.25, -0.2) is 15.0 Å². The lowest BCUT2D eigenvalue weighted by Crippen LogP contribution is -2.04. The van der Waals surface area contributed by atoms with Crippen molar-refractivity contribution in [1.29, 1.82) is 0 Å². The quantitative estimate of drug-likeness (QED) is 0.640. The molecule has 0 spiro atoms. The van der Waals surface area contributed by atoms with Crippen LogP contribution in [0.5, 0.6) is 5.88 Å². The van der Waals surface area contributed by atoms with Gasteiger partial charge in [-0.3, -0.25) is 10.1 Å². The molecule has 0 saturated heterocycles. The number of nitrogens with zero attached hydrogens (tertiary/aromatic N) is 4. The molecule has 0 aromatic carbocycles. The topological polar surface area (TPSA) is 103 Å². The maximum atomic E-state index is 10.4. The van der Waals surface area contributed by atoms with Crippen molar-refractivity contribution in [2.75, 3.05) is 12.4 Å². The first-order chi connectivity index (χ1) is 9.19. The number of hydrogen-bond donors (Lipinski definition) is 1. The number of nitro groups is 1.